The van der Waals surface area contributed by atoms with Crippen LogP contribution in [0.3, 0.4) is 0 Å². The van der Waals surface area contributed by atoms with E-state index in [1.54, 1.807) is 13.2 Å². The summed E-state index contributed by atoms with van der Waals surface area (Å²) in [6.07, 6.45) is -10.7. The zero-order chi connectivity index (χ0) is 22.9. The van der Waals surface area contributed by atoms with Crippen molar-refractivity contribution in [1.82, 2.24) is 15.0 Å². The molecule has 3 rings (SSSR count). The van der Waals surface area contributed by atoms with Gasteiger partial charge in [0, 0.05) is 20.6 Å². The summed E-state index contributed by atoms with van der Waals surface area (Å²) < 4.78 is 34.8. The molecule has 6 N–H and O–H groups in total. The van der Waals surface area contributed by atoms with E-state index in [0.717, 1.165) is 0 Å². The zero-order valence-electron chi connectivity index (χ0n) is 16.9. The summed E-state index contributed by atoms with van der Waals surface area (Å²) >= 11 is 0. The number of hydrogen-bond donors (Lipinski definition) is 6. The summed E-state index contributed by atoms with van der Waals surface area (Å²) in [5.41, 5.74) is 0.389. The molecule has 14 nitrogen and oxygen atoms in total. The Labute approximate surface area is 177 Å². The first-order valence-corrected chi connectivity index (χ1v) is 11.4. The van der Waals surface area contributed by atoms with Gasteiger partial charge in [-0.2, -0.15) is 0 Å². The number of methoxy groups -OCH3 is 1. The van der Waals surface area contributed by atoms with E-state index < -0.39 is 69.1 Å². The van der Waals surface area contributed by atoms with Gasteiger partial charge in [0.2, 0.25) is 0 Å². The first kappa shape index (κ1) is 24.6. The first-order chi connectivity index (χ1) is 14.5. The van der Waals surface area contributed by atoms with Crippen LogP contribution >= 0.6 is 7.60 Å². The molecular formula is C16H28N3O11P. The summed E-state index contributed by atoms with van der Waals surface area (Å²) in [6.45, 7) is 0. The molecular weight excluding hydrogens is 441 g/mol. The first-order valence-electron chi connectivity index (χ1n) is 9.62. The van der Waals surface area contributed by atoms with Gasteiger partial charge < -0.3 is 49.2 Å². The highest BCUT2D eigenvalue weighted by Gasteiger charge is 2.48. The van der Waals surface area contributed by atoms with Crippen molar-refractivity contribution in [2.45, 2.75) is 68.1 Å². The molecule has 2 aliphatic rings. The second kappa shape index (κ2) is 9.85. The van der Waals surface area contributed by atoms with Gasteiger partial charge in [0.05, 0.1) is 24.6 Å². The number of nitrogens with zero attached hydrogens (tertiary/aromatic N) is 3. The highest BCUT2D eigenvalue weighted by Crippen LogP contribution is 2.38. The van der Waals surface area contributed by atoms with Crippen LogP contribution in [0.1, 0.15) is 24.6 Å². The van der Waals surface area contributed by atoms with Gasteiger partial charge in [-0.1, -0.05) is 5.21 Å². The highest BCUT2D eigenvalue weighted by molar-refractivity contribution is 7.51. The molecule has 0 aliphatic carbocycles. The quantitative estimate of drug-likeness (QED) is 0.226. The van der Waals surface area contributed by atoms with E-state index in [9.17, 15) is 25.0 Å². The molecule has 0 radical (unpaired) electrons. The second-order valence-electron chi connectivity index (χ2n) is 7.65. The maximum absolute atomic E-state index is 11.1. The minimum atomic E-state index is -4.37. The molecule has 0 saturated carbocycles. The molecule has 2 saturated heterocycles. The topological polar surface area (TPSA) is 206 Å². The second-order valence-corrected chi connectivity index (χ2v) is 9.42. The van der Waals surface area contributed by atoms with Gasteiger partial charge >= 0.3 is 7.60 Å². The van der Waals surface area contributed by atoms with Crippen LogP contribution in [0.5, 0.6) is 0 Å². The van der Waals surface area contributed by atoms with Crippen LogP contribution < -0.4 is 0 Å². The molecule has 15 heteroatoms. The van der Waals surface area contributed by atoms with Crippen LogP contribution in [0, 0.1) is 0 Å². The van der Waals surface area contributed by atoms with Gasteiger partial charge in [0.15, 0.2) is 12.6 Å². The Morgan fingerprint density at radius 3 is 2.45 bits per heavy atom. The average molecular weight is 469 g/mol. The van der Waals surface area contributed by atoms with Crippen LogP contribution in [0.15, 0.2) is 6.20 Å². The number of aryl methyl sites for hydroxylation is 1. The molecule has 1 aromatic heterocycles. The van der Waals surface area contributed by atoms with Gasteiger partial charge in [0.1, 0.15) is 36.2 Å². The van der Waals surface area contributed by atoms with E-state index in [2.05, 4.69) is 10.3 Å². The third-order valence-electron chi connectivity index (χ3n) is 5.23. The van der Waals surface area contributed by atoms with E-state index in [1.807, 2.05) is 0 Å². The number of ether oxygens (including phenoxy) is 4. The largest absolute Gasteiger partial charge is 0.390 e. The molecule has 2 fully saturated rings. The summed E-state index contributed by atoms with van der Waals surface area (Å²) in [7, 11) is -1.35. The van der Waals surface area contributed by atoms with Crippen molar-refractivity contribution < 1.29 is 53.7 Å². The highest BCUT2D eigenvalue weighted by atomic mass is 31.2. The van der Waals surface area contributed by atoms with Crippen molar-refractivity contribution >= 4 is 7.60 Å². The Balaban J connectivity index is 1.68. The third kappa shape index (κ3) is 5.86. The molecule has 178 valence electrons. The standard InChI is InChI=1S/C16H28N3O11P/c1-19-6-7(17-18-19)14-8(20)5-10(15(27-2)30-14)29-16-13(23)12(22)11(21)9(28-16)3-4-31(24,25)26/h6,8-16,20-23H,3-5H2,1-2H3,(H2,24,25,26)/t8?,9?,10-,11+,12?,13?,14+,15?,16+/m0/s1. The fourth-order valence-electron chi connectivity index (χ4n) is 3.62. The molecule has 1 aromatic rings. The maximum Gasteiger partial charge on any atom is 0.325 e. The van der Waals surface area contributed by atoms with Crippen LogP contribution in [0.2, 0.25) is 0 Å². The molecule has 0 bridgehead atoms. The molecule has 0 amide bonds. The van der Waals surface area contributed by atoms with Gasteiger partial charge in [-0.05, 0) is 6.42 Å². The number of hydrogen-bond acceptors (Lipinski definition) is 11. The van der Waals surface area contributed by atoms with Crippen molar-refractivity contribution in [3.8, 4) is 0 Å². The Morgan fingerprint density at radius 2 is 1.87 bits per heavy atom. The van der Waals surface area contributed by atoms with E-state index in [-0.39, 0.29) is 12.8 Å². The Bertz CT molecular complexity index is 776. The number of aliphatic hydroxyl groups is 4. The smallest absolute Gasteiger partial charge is 0.325 e. The summed E-state index contributed by atoms with van der Waals surface area (Å²) in [5.74, 6) is 0. The van der Waals surface area contributed by atoms with E-state index in [4.69, 9.17) is 28.7 Å². The maximum atomic E-state index is 11.1. The van der Waals surface area contributed by atoms with Crippen molar-refractivity contribution in [2.75, 3.05) is 13.3 Å². The van der Waals surface area contributed by atoms with Gasteiger partial charge in [0.25, 0.3) is 0 Å². The number of aromatic nitrogens is 3. The lowest BCUT2D eigenvalue weighted by Crippen LogP contribution is -2.60. The van der Waals surface area contributed by atoms with Crippen LogP contribution in [-0.2, 0) is 30.6 Å². The number of aliphatic hydroxyl groups excluding tert-OH is 4. The Hall–Kier alpha value is -1.03. The zero-order valence-corrected chi connectivity index (χ0v) is 17.8. The summed E-state index contributed by atoms with van der Waals surface area (Å²) in [6, 6.07) is 0. The minimum absolute atomic E-state index is 0.00186. The van der Waals surface area contributed by atoms with E-state index in [0.29, 0.717) is 5.69 Å². The monoisotopic (exact) mass is 469 g/mol. The van der Waals surface area contributed by atoms with Gasteiger partial charge in [-0.25, -0.2) is 0 Å². The fraction of sp³-hybridized carbons (Fsp3) is 0.875. The molecule has 31 heavy (non-hydrogen) atoms. The lowest BCUT2D eigenvalue weighted by Gasteiger charge is -2.44. The van der Waals surface area contributed by atoms with Gasteiger partial charge in [-0.3, -0.25) is 9.25 Å². The minimum Gasteiger partial charge on any atom is -0.390 e. The predicted octanol–water partition coefficient (Wildman–Crippen LogP) is -2.63. The summed E-state index contributed by atoms with van der Waals surface area (Å²) in [5, 5.41) is 48.7. The molecule has 5 unspecified atom stereocenters. The Morgan fingerprint density at radius 1 is 1.16 bits per heavy atom. The van der Waals surface area contributed by atoms with Crippen LogP contribution in [0.4, 0.5) is 0 Å². The lowest BCUT2D eigenvalue weighted by atomic mass is 9.96. The molecule has 3 heterocycles. The fourth-order valence-corrected chi connectivity index (χ4v) is 4.21. The normalized spacial score (nSPS) is 39.5. The van der Waals surface area contributed by atoms with Crippen LogP contribution in [-0.4, -0.2) is 108 Å². The van der Waals surface area contributed by atoms with Gasteiger partial charge in [-0.15, -0.1) is 5.10 Å². The third-order valence-corrected chi connectivity index (χ3v) is 6.07. The molecule has 9 atom stereocenters. The van der Waals surface area contributed by atoms with E-state index in [1.165, 1.54) is 11.8 Å². The molecule has 0 aromatic carbocycles. The SMILES string of the molecule is COC1O[C@H](c2cn(C)nn2)C(O)C[C@@H]1O[C@H]1OC(CCP(=O)(O)O)[C@@H](O)C(O)C1O. The molecule has 2 aliphatic heterocycles. The number of rotatable bonds is 7. The Kier molecular flexibility index (Phi) is 7.82. The van der Waals surface area contributed by atoms with Crippen molar-refractivity contribution in [3.05, 3.63) is 11.9 Å². The summed E-state index contributed by atoms with van der Waals surface area (Å²) in [4.78, 5) is 18.1. The average Bonchev–Trinajstić information content (AvgIpc) is 3.13. The molecule has 0 spiro atoms. The van der Waals surface area contributed by atoms with Crippen molar-refractivity contribution in [2.24, 2.45) is 7.05 Å². The predicted molar refractivity (Wildman–Crippen MR) is 99.3 cm³/mol. The van der Waals surface area contributed by atoms with E-state index >= 15 is 0 Å². The van der Waals surface area contributed by atoms with Crippen molar-refractivity contribution in [1.29, 1.82) is 0 Å². The van der Waals surface area contributed by atoms with Crippen molar-refractivity contribution in [3.63, 3.8) is 0 Å². The lowest BCUT2D eigenvalue weighted by molar-refractivity contribution is -0.346. The van der Waals surface area contributed by atoms with Crippen LogP contribution in [0.25, 0.3) is 0 Å².